The van der Waals surface area contributed by atoms with Crippen molar-refractivity contribution in [2.24, 2.45) is 0 Å². The van der Waals surface area contributed by atoms with Crippen LogP contribution in [0.5, 0.6) is 0 Å². The molecule has 0 aliphatic carbocycles. The number of hydrogen-bond donors (Lipinski definition) is 2. The summed E-state index contributed by atoms with van der Waals surface area (Å²) in [6.07, 6.45) is 0.851. The smallest absolute Gasteiger partial charge is 0.290 e. The van der Waals surface area contributed by atoms with Crippen LogP contribution in [-0.4, -0.2) is 41.8 Å². The fourth-order valence-corrected chi connectivity index (χ4v) is 1.31. The zero-order valence-corrected chi connectivity index (χ0v) is 11.5. The van der Waals surface area contributed by atoms with E-state index in [1.165, 1.54) is 5.56 Å². The van der Waals surface area contributed by atoms with E-state index in [-0.39, 0.29) is 13.1 Å². The molecule has 104 valence electrons. The Labute approximate surface area is 110 Å². The van der Waals surface area contributed by atoms with Gasteiger partial charge in [0.15, 0.2) is 0 Å². The number of aliphatic hydroxyl groups excluding tert-OH is 1. The van der Waals surface area contributed by atoms with E-state index in [0.29, 0.717) is 0 Å². The molecule has 0 atom stereocenters. The molecule has 0 spiro atoms. The Hall–Kier alpha value is -1.39. The summed E-state index contributed by atoms with van der Waals surface area (Å²) in [5, 5.41) is 15.5. The second-order valence-electron chi connectivity index (χ2n) is 3.41. The fraction of sp³-hybridized carbons (Fsp3) is 0.500. The lowest BCUT2D eigenvalue weighted by atomic mass is 10.2. The summed E-state index contributed by atoms with van der Waals surface area (Å²) in [5.74, 6) is 0. The minimum Gasteiger partial charge on any atom is -0.483 e. The average Bonchev–Trinajstić information content (AvgIpc) is 2.41. The molecular weight excluding hydrogens is 230 g/mol. The maximum Gasteiger partial charge on any atom is 0.290 e. The summed E-state index contributed by atoms with van der Waals surface area (Å²) in [4.78, 5) is 10.6. The molecule has 0 fully saturated rings. The van der Waals surface area contributed by atoms with E-state index < -0.39 is 0 Å². The molecule has 0 saturated heterocycles. The molecule has 0 aromatic heterocycles. The summed E-state index contributed by atoms with van der Waals surface area (Å²) in [6, 6.07) is 10.4. The standard InChI is InChI=1S/C11H17NO.C2H6.CH2O2/c1-12(8-5-9-13)10-11-6-3-2-4-7-11;1-2;2-1-3/h2-4,6-7,13H,5,8-10H2,1H3;1-2H3;1H,(H,2,3). The fourth-order valence-electron chi connectivity index (χ4n) is 1.31. The van der Waals surface area contributed by atoms with Crippen molar-refractivity contribution in [1.29, 1.82) is 0 Å². The van der Waals surface area contributed by atoms with Gasteiger partial charge in [0.25, 0.3) is 6.47 Å². The maximum atomic E-state index is 8.65. The Bertz CT molecular complexity index is 265. The van der Waals surface area contributed by atoms with E-state index in [1.807, 2.05) is 19.9 Å². The average molecular weight is 255 g/mol. The summed E-state index contributed by atoms with van der Waals surface area (Å²) in [7, 11) is 2.07. The largest absolute Gasteiger partial charge is 0.483 e. The van der Waals surface area contributed by atoms with Crippen molar-refractivity contribution in [1.82, 2.24) is 4.90 Å². The van der Waals surface area contributed by atoms with Crippen molar-refractivity contribution >= 4 is 6.47 Å². The van der Waals surface area contributed by atoms with Gasteiger partial charge >= 0.3 is 0 Å². The van der Waals surface area contributed by atoms with Crippen LogP contribution in [0.4, 0.5) is 0 Å². The molecule has 0 unspecified atom stereocenters. The Kier molecular flexibility index (Phi) is 16.4. The van der Waals surface area contributed by atoms with Gasteiger partial charge in [-0.3, -0.25) is 4.79 Å². The molecule has 1 aromatic rings. The van der Waals surface area contributed by atoms with E-state index in [4.69, 9.17) is 15.0 Å². The zero-order chi connectivity index (χ0) is 14.2. The molecule has 0 amide bonds. The van der Waals surface area contributed by atoms with E-state index >= 15 is 0 Å². The quantitative estimate of drug-likeness (QED) is 0.792. The zero-order valence-electron chi connectivity index (χ0n) is 11.5. The van der Waals surface area contributed by atoms with Crippen LogP contribution >= 0.6 is 0 Å². The molecule has 4 heteroatoms. The Morgan fingerprint density at radius 3 is 2.17 bits per heavy atom. The molecule has 0 radical (unpaired) electrons. The van der Waals surface area contributed by atoms with Gasteiger partial charge < -0.3 is 15.1 Å². The predicted molar refractivity (Wildman–Crippen MR) is 74.5 cm³/mol. The first kappa shape index (κ1) is 19.0. The number of benzene rings is 1. The lowest BCUT2D eigenvalue weighted by Gasteiger charge is -2.15. The summed E-state index contributed by atoms with van der Waals surface area (Å²) in [6.45, 7) is 5.94. The number of carbonyl (C=O) groups is 1. The van der Waals surface area contributed by atoms with E-state index in [0.717, 1.165) is 19.5 Å². The first-order chi connectivity index (χ1) is 8.74. The van der Waals surface area contributed by atoms with Gasteiger partial charge in [-0.2, -0.15) is 0 Å². The van der Waals surface area contributed by atoms with Crippen LogP contribution < -0.4 is 0 Å². The third kappa shape index (κ3) is 12.7. The lowest BCUT2D eigenvalue weighted by molar-refractivity contribution is -0.122. The van der Waals surface area contributed by atoms with E-state index in [2.05, 4.69) is 36.2 Å². The third-order valence-electron chi connectivity index (χ3n) is 1.99. The number of aliphatic hydroxyl groups is 1. The number of hydrogen-bond acceptors (Lipinski definition) is 3. The molecule has 0 bridgehead atoms. The van der Waals surface area contributed by atoms with Crippen molar-refractivity contribution in [3.8, 4) is 0 Å². The van der Waals surface area contributed by atoms with Gasteiger partial charge in [-0.25, -0.2) is 0 Å². The van der Waals surface area contributed by atoms with Crippen LogP contribution in [0.15, 0.2) is 30.3 Å². The van der Waals surface area contributed by atoms with Crippen LogP contribution in [-0.2, 0) is 11.3 Å². The van der Waals surface area contributed by atoms with Gasteiger partial charge in [0.05, 0.1) is 0 Å². The first-order valence-corrected chi connectivity index (χ1v) is 6.15. The number of nitrogens with zero attached hydrogens (tertiary/aromatic N) is 1. The van der Waals surface area contributed by atoms with E-state index in [1.54, 1.807) is 0 Å². The highest BCUT2D eigenvalue weighted by Gasteiger charge is 1.98. The van der Waals surface area contributed by atoms with Crippen molar-refractivity contribution in [3.05, 3.63) is 35.9 Å². The molecule has 18 heavy (non-hydrogen) atoms. The Balaban J connectivity index is 0. The van der Waals surface area contributed by atoms with Crippen LogP contribution in [0.2, 0.25) is 0 Å². The molecule has 0 heterocycles. The van der Waals surface area contributed by atoms with Crippen molar-refractivity contribution in [2.45, 2.75) is 26.8 Å². The van der Waals surface area contributed by atoms with Crippen LogP contribution in [0.3, 0.4) is 0 Å². The molecule has 0 aliphatic rings. The molecule has 2 N–H and O–H groups in total. The Morgan fingerprint density at radius 1 is 1.22 bits per heavy atom. The maximum absolute atomic E-state index is 8.65. The van der Waals surface area contributed by atoms with Gasteiger partial charge in [0.2, 0.25) is 0 Å². The Morgan fingerprint density at radius 2 is 1.72 bits per heavy atom. The van der Waals surface area contributed by atoms with Gasteiger partial charge in [-0.1, -0.05) is 44.2 Å². The van der Waals surface area contributed by atoms with Gasteiger partial charge in [0, 0.05) is 19.7 Å². The predicted octanol–water partition coefficient (Wildman–Crippen LogP) is 2.23. The molecular formula is C14H25NO3. The van der Waals surface area contributed by atoms with Crippen molar-refractivity contribution in [2.75, 3.05) is 20.2 Å². The van der Waals surface area contributed by atoms with Crippen LogP contribution in [0.25, 0.3) is 0 Å². The van der Waals surface area contributed by atoms with Gasteiger partial charge in [-0.15, -0.1) is 0 Å². The highest BCUT2D eigenvalue weighted by atomic mass is 16.3. The summed E-state index contributed by atoms with van der Waals surface area (Å²) >= 11 is 0. The van der Waals surface area contributed by atoms with Gasteiger partial charge in [-0.05, 0) is 19.0 Å². The molecule has 0 aliphatic heterocycles. The number of carboxylic acid groups (broad SMARTS) is 1. The van der Waals surface area contributed by atoms with Crippen molar-refractivity contribution in [3.63, 3.8) is 0 Å². The molecule has 0 saturated carbocycles. The highest BCUT2D eigenvalue weighted by molar-refractivity contribution is 5.32. The normalized spacial score (nSPS) is 8.72. The van der Waals surface area contributed by atoms with Gasteiger partial charge in [0.1, 0.15) is 0 Å². The van der Waals surface area contributed by atoms with Crippen LogP contribution in [0.1, 0.15) is 25.8 Å². The van der Waals surface area contributed by atoms with E-state index in [9.17, 15) is 0 Å². The second-order valence-corrected chi connectivity index (χ2v) is 3.41. The third-order valence-corrected chi connectivity index (χ3v) is 1.99. The monoisotopic (exact) mass is 255 g/mol. The highest BCUT2D eigenvalue weighted by Crippen LogP contribution is 2.02. The minimum absolute atomic E-state index is 0.250. The number of rotatable bonds is 5. The van der Waals surface area contributed by atoms with Crippen LogP contribution in [0, 0.1) is 0 Å². The summed E-state index contributed by atoms with van der Waals surface area (Å²) in [5.41, 5.74) is 1.32. The molecule has 4 nitrogen and oxygen atoms in total. The topological polar surface area (TPSA) is 60.8 Å². The minimum atomic E-state index is -0.250. The van der Waals surface area contributed by atoms with Crippen molar-refractivity contribution < 1.29 is 15.0 Å². The second kappa shape index (κ2) is 15.6. The molecule has 1 rings (SSSR count). The summed E-state index contributed by atoms with van der Waals surface area (Å²) < 4.78 is 0. The molecule has 1 aromatic carbocycles. The lowest BCUT2D eigenvalue weighted by Crippen LogP contribution is -2.19. The first-order valence-electron chi connectivity index (χ1n) is 6.15. The SMILES string of the molecule is CC.CN(CCCO)Cc1ccccc1.O=CO.